The van der Waals surface area contributed by atoms with Crippen molar-refractivity contribution in [2.45, 2.75) is 13.3 Å². The van der Waals surface area contributed by atoms with Gasteiger partial charge in [-0.25, -0.2) is 0 Å². The Morgan fingerprint density at radius 1 is 1.27 bits per heavy atom. The van der Waals surface area contributed by atoms with Crippen molar-refractivity contribution in [3.8, 4) is 23.7 Å². The predicted octanol–water partition coefficient (Wildman–Crippen LogP) is 1.07. The lowest BCUT2D eigenvalue weighted by Crippen LogP contribution is -1.95. The fourth-order valence-corrected chi connectivity index (χ4v) is 1.89. The molecule has 0 aliphatic heterocycles. The summed E-state index contributed by atoms with van der Waals surface area (Å²) in [5, 5.41) is 0. The van der Waals surface area contributed by atoms with Crippen LogP contribution in [0.25, 0.3) is 0 Å². The zero-order valence-electron chi connectivity index (χ0n) is 8.76. The van der Waals surface area contributed by atoms with E-state index < -0.39 is 0 Å². The molecular weight excluding hydrogens is 204 g/mol. The van der Waals surface area contributed by atoms with Gasteiger partial charge in [-0.2, -0.15) is 0 Å². The number of thiophene rings is 1. The highest BCUT2D eigenvalue weighted by Gasteiger charge is 2.00. The van der Waals surface area contributed by atoms with Gasteiger partial charge in [0.05, 0.1) is 11.4 Å². The molecule has 0 radical (unpaired) electrons. The Hall–Kier alpha value is -1.26. The summed E-state index contributed by atoms with van der Waals surface area (Å²) in [5.74, 6) is 12.0. The standard InChI is InChI=1S/C12H14N2S/c1-10-11(5-2-3-7-13)9-12(15-10)6-4-8-14/h9H,3,7-8,13-14H2,1H3. The molecule has 1 heterocycles. The van der Waals surface area contributed by atoms with Crippen LogP contribution >= 0.6 is 11.3 Å². The second kappa shape index (κ2) is 6.27. The largest absolute Gasteiger partial charge is 0.330 e. The third-order valence-corrected chi connectivity index (χ3v) is 2.69. The summed E-state index contributed by atoms with van der Waals surface area (Å²) in [4.78, 5) is 2.22. The van der Waals surface area contributed by atoms with E-state index in [9.17, 15) is 0 Å². The molecule has 0 bridgehead atoms. The molecule has 0 aliphatic rings. The second-order valence-corrected chi connectivity index (χ2v) is 4.18. The van der Waals surface area contributed by atoms with Crippen molar-refractivity contribution in [1.82, 2.24) is 0 Å². The van der Waals surface area contributed by atoms with E-state index in [1.54, 1.807) is 11.3 Å². The first-order chi connectivity index (χ1) is 7.27. The summed E-state index contributed by atoms with van der Waals surface area (Å²) in [6.45, 7) is 3.05. The molecule has 0 spiro atoms. The highest BCUT2D eigenvalue weighted by atomic mass is 32.1. The summed E-state index contributed by atoms with van der Waals surface area (Å²) >= 11 is 1.65. The SMILES string of the molecule is Cc1sc(C#CCN)cc1C#CCCN. The minimum Gasteiger partial charge on any atom is -0.330 e. The molecule has 0 atom stereocenters. The molecule has 3 heteroatoms. The maximum absolute atomic E-state index is 5.37. The lowest BCUT2D eigenvalue weighted by Gasteiger charge is -1.83. The Morgan fingerprint density at radius 3 is 2.73 bits per heavy atom. The average molecular weight is 218 g/mol. The minimum atomic E-state index is 0.394. The van der Waals surface area contributed by atoms with Crippen LogP contribution in [-0.4, -0.2) is 13.1 Å². The molecule has 0 aliphatic carbocycles. The molecule has 0 saturated carbocycles. The third kappa shape index (κ3) is 3.77. The van der Waals surface area contributed by atoms with Crippen molar-refractivity contribution >= 4 is 11.3 Å². The molecule has 0 fully saturated rings. The van der Waals surface area contributed by atoms with E-state index in [2.05, 4.69) is 23.7 Å². The lowest BCUT2D eigenvalue weighted by molar-refractivity contribution is 1.03. The lowest BCUT2D eigenvalue weighted by atomic mass is 10.2. The van der Waals surface area contributed by atoms with E-state index in [-0.39, 0.29) is 0 Å². The molecule has 78 valence electrons. The molecule has 0 amide bonds. The fraction of sp³-hybridized carbons (Fsp3) is 0.333. The van der Waals surface area contributed by atoms with Gasteiger partial charge in [0.1, 0.15) is 0 Å². The van der Waals surface area contributed by atoms with Crippen molar-refractivity contribution < 1.29 is 0 Å². The van der Waals surface area contributed by atoms with Crippen LogP contribution in [0.5, 0.6) is 0 Å². The molecule has 4 N–H and O–H groups in total. The van der Waals surface area contributed by atoms with Gasteiger partial charge in [-0.3, -0.25) is 0 Å². The summed E-state index contributed by atoms with van der Waals surface area (Å²) in [6, 6.07) is 2.01. The maximum atomic E-state index is 5.37. The molecule has 0 aromatic carbocycles. The molecule has 1 aromatic heterocycles. The van der Waals surface area contributed by atoms with E-state index in [4.69, 9.17) is 11.5 Å². The zero-order valence-corrected chi connectivity index (χ0v) is 9.58. The van der Waals surface area contributed by atoms with Gasteiger partial charge in [-0.15, -0.1) is 11.3 Å². The molecule has 0 saturated heterocycles. The first-order valence-corrected chi connectivity index (χ1v) is 5.58. The van der Waals surface area contributed by atoms with Crippen LogP contribution in [0.15, 0.2) is 6.07 Å². The molecule has 1 rings (SSSR count). The van der Waals surface area contributed by atoms with Gasteiger partial charge in [0.2, 0.25) is 0 Å². The van der Waals surface area contributed by atoms with Crippen LogP contribution in [0.2, 0.25) is 0 Å². The smallest absolute Gasteiger partial charge is 0.0784 e. The van der Waals surface area contributed by atoms with Gasteiger partial charge in [0, 0.05) is 23.4 Å². The van der Waals surface area contributed by atoms with Gasteiger partial charge in [-0.1, -0.05) is 23.7 Å². The van der Waals surface area contributed by atoms with Gasteiger partial charge >= 0.3 is 0 Å². The Kier molecular flexibility index (Phi) is 4.93. The topological polar surface area (TPSA) is 52.0 Å². The second-order valence-electron chi connectivity index (χ2n) is 2.93. The Labute approximate surface area is 94.7 Å². The van der Waals surface area contributed by atoms with Gasteiger partial charge < -0.3 is 11.5 Å². The Morgan fingerprint density at radius 2 is 2.07 bits per heavy atom. The summed E-state index contributed by atoms with van der Waals surface area (Å²) in [7, 11) is 0. The normalized spacial score (nSPS) is 8.73. The molecule has 2 nitrogen and oxygen atoms in total. The molecule has 15 heavy (non-hydrogen) atoms. The number of nitrogens with two attached hydrogens (primary N) is 2. The predicted molar refractivity (Wildman–Crippen MR) is 65.5 cm³/mol. The first kappa shape index (κ1) is 11.8. The monoisotopic (exact) mass is 218 g/mol. The maximum Gasteiger partial charge on any atom is 0.0784 e. The van der Waals surface area contributed by atoms with Crippen molar-refractivity contribution in [3.63, 3.8) is 0 Å². The number of hydrogen-bond donors (Lipinski definition) is 2. The Bertz CT molecular complexity index is 438. The highest BCUT2D eigenvalue weighted by Crippen LogP contribution is 2.19. The van der Waals surface area contributed by atoms with E-state index in [0.29, 0.717) is 13.1 Å². The van der Waals surface area contributed by atoms with Crippen LogP contribution in [-0.2, 0) is 0 Å². The van der Waals surface area contributed by atoms with Crippen molar-refractivity contribution in [3.05, 3.63) is 21.4 Å². The number of hydrogen-bond acceptors (Lipinski definition) is 3. The molecule has 0 unspecified atom stereocenters. The van der Waals surface area contributed by atoms with E-state index in [1.165, 1.54) is 4.88 Å². The van der Waals surface area contributed by atoms with Crippen LogP contribution in [0.1, 0.15) is 21.7 Å². The van der Waals surface area contributed by atoms with Crippen LogP contribution in [0, 0.1) is 30.6 Å². The van der Waals surface area contributed by atoms with Crippen molar-refractivity contribution in [1.29, 1.82) is 0 Å². The van der Waals surface area contributed by atoms with Gasteiger partial charge in [0.25, 0.3) is 0 Å². The first-order valence-electron chi connectivity index (χ1n) is 4.76. The molecular formula is C12H14N2S. The average Bonchev–Trinajstić information content (AvgIpc) is 2.57. The summed E-state index contributed by atoms with van der Waals surface area (Å²) < 4.78 is 0. The van der Waals surface area contributed by atoms with E-state index >= 15 is 0 Å². The number of rotatable bonds is 1. The minimum absolute atomic E-state index is 0.394. The van der Waals surface area contributed by atoms with E-state index in [1.807, 2.05) is 13.0 Å². The van der Waals surface area contributed by atoms with E-state index in [0.717, 1.165) is 16.9 Å². The quantitative estimate of drug-likeness (QED) is 0.693. The van der Waals surface area contributed by atoms with Gasteiger partial charge in [0.15, 0.2) is 0 Å². The van der Waals surface area contributed by atoms with Crippen LogP contribution in [0.3, 0.4) is 0 Å². The summed E-state index contributed by atoms with van der Waals surface area (Å²) in [6.07, 6.45) is 0.735. The van der Waals surface area contributed by atoms with Gasteiger partial charge in [-0.05, 0) is 13.0 Å². The number of aryl methyl sites for hydroxylation is 1. The summed E-state index contributed by atoms with van der Waals surface area (Å²) in [5.41, 5.74) is 11.7. The third-order valence-electron chi connectivity index (χ3n) is 1.72. The van der Waals surface area contributed by atoms with Crippen LogP contribution in [0.4, 0.5) is 0 Å². The Balaban J connectivity index is 2.83. The highest BCUT2D eigenvalue weighted by molar-refractivity contribution is 7.12. The fourth-order valence-electron chi connectivity index (χ4n) is 1.04. The van der Waals surface area contributed by atoms with Crippen molar-refractivity contribution in [2.24, 2.45) is 11.5 Å². The van der Waals surface area contributed by atoms with Crippen molar-refractivity contribution in [2.75, 3.05) is 13.1 Å². The zero-order chi connectivity index (χ0) is 11.1. The van der Waals surface area contributed by atoms with Crippen LogP contribution < -0.4 is 11.5 Å². The molecule has 1 aromatic rings.